The summed E-state index contributed by atoms with van der Waals surface area (Å²) in [5.74, 6) is 0. The SMILES string of the molecule is CN(CCCCCO)c1ccc(S(N)(=O)=O)c(N)c1. The Hall–Kier alpha value is -1.31. The first-order valence-corrected chi connectivity index (χ1v) is 7.65. The van der Waals surface area contributed by atoms with Crippen molar-refractivity contribution in [1.29, 1.82) is 0 Å². The largest absolute Gasteiger partial charge is 0.398 e. The van der Waals surface area contributed by atoms with Crippen LogP contribution in [0.25, 0.3) is 0 Å². The third kappa shape index (κ3) is 4.70. The number of anilines is 2. The summed E-state index contributed by atoms with van der Waals surface area (Å²) in [5, 5.41) is 13.7. The molecule has 0 atom stereocenters. The van der Waals surface area contributed by atoms with Gasteiger partial charge in [-0.1, -0.05) is 0 Å². The number of aliphatic hydroxyl groups is 1. The molecule has 6 nitrogen and oxygen atoms in total. The third-order valence-electron chi connectivity index (χ3n) is 2.89. The van der Waals surface area contributed by atoms with Crippen LogP contribution in [0.5, 0.6) is 0 Å². The molecule has 0 fully saturated rings. The molecule has 7 heteroatoms. The van der Waals surface area contributed by atoms with Crippen molar-refractivity contribution < 1.29 is 13.5 Å². The van der Waals surface area contributed by atoms with Gasteiger partial charge >= 0.3 is 0 Å². The second kappa shape index (κ2) is 6.74. The standard InChI is InChI=1S/C12H21N3O3S/c1-15(7-3-2-4-8-16)10-5-6-12(11(13)9-10)19(14,17)18/h5-6,9,16H,2-4,7-8,13H2,1H3,(H2,14,17,18). The van der Waals surface area contributed by atoms with E-state index >= 15 is 0 Å². The van der Waals surface area contributed by atoms with E-state index in [-0.39, 0.29) is 17.2 Å². The van der Waals surface area contributed by atoms with Crippen LogP contribution in [0, 0.1) is 0 Å². The van der Waals surface area contributed by atoms with Gasteiger partial charge in [-0.2, -0.15) is 0 Å². The first kappa shape index (κ1) is 15.7. The fraction of sp³-hybridized carbons (Fsp3) is 0.500. The number of rotatable bonds is 7. The molecule has 1 rings (SSSR count). The maximum Gasteiger partial charge on any atom is 0.240 e. The molecule has 0 aromatic heterocycles. The number of benzene rings is 1. The van der Waals surface area contributed by atoms with Gasteiger partial charge in [0.25, 0.3) is 0 Å². The van der Waals surface area contributed by atoms with Crippen molar-refractivity contribution in [2.75, 3.05) is 30.8 Å². The predicted octanol–water partition coefficient (Wildman–Crippen LogP) is 0.515. The second-order valence-electron chi connectivity index (χ2n) is 4.47. The lowest BCUT2D eigenvalue weighted by Crippen LogP contribution is -2.20. The van der Waals surface area contributed by atoms with E-state index in [9.17, 15) is 8.42 Å². The highest BCUT2D eigenvalue weighted by Crippen LogP contribution is 2.23. The van der Waals surface area contributed by atoms with Gasteiger partial charge in [0.05, 0.1) is 5.69 Å². The minimum absolute atomic E-state index is 0.0510. The molecular formula is C12H21N3O3S. The van der Waals surface area contributed by atoms with E-state index in [1.807, 2.05) is 11.9 Å². The van der Waals surface area contributed by atoms with Gasteiger partial charge in [-0.25, -0.2) is 13.6 Å². The molecule has 0 bridgehead atoms. The molecule has 0 unspecified atom stereocenters. The van der Waals surface area contributed by atoms with E-state index in [0.717, 1.165) is 31.5 Å². The van der Waals surface area contributed by atoms with Crippen molar-refractivity contribution in [2.45, 2.75) is 24.2 Å². The smallest absolute Gasteiger partial charge is 0.240 e. The Morgan fingerprint density at radius 3 is 2.47 bits per heavy atom. The molecule has 0 saturated carbocycles. The average molecular weight is 287 g/mol. The summed E-state index contributed by atoms with van der Waals surface area (Å²) in [6.45, 7) is 1.02. The molecule has 5 N–H and O–H groups in total. The van der Waals surface area contributed by atoms with Crippen LogP contribution in [0.3, 0.4) is 0 Å². The molecule has 0 spiro atoms. The zero-order valence-corrected chi connectivity index (χ0v) is 11.9. The molecule has 0 aliphatic carbocycles. The highest BCUT2D eigenvalue weighted by molar-refractivity contribution is 7.89. The fourth-order valence-corrected chi connectivity index (χ4v) is 2.44. The van der Waals surface area contributed by atoms with Gasteiger partial charge in [0.1, 0.15) is 4.90 Å². The number of hydrogen-bond acceptors (Lipinski definition) is 5. The number of nitrogens with zero attached hydrogens (tertiary/aromatic N) is 1. The number of aliphatic hydroxyl groups excluding tert-OH is 1. The quantitative estimate of drug-likeness (QED) is 0.500. The number of hydrogen-bond donors (Lipinski definition) is 3. The molecule has 0 aliphatic heterocycles. The summed E-state index contributed by atoms with van der Waals surface area (Å²) in [4.78, 5) is 1.94. The lowest BCUT2D eigenvalue weighted by Gasteiger charge is -2.20. The van der Waals surface area contributed by atoms with Gasteiger partial charge in [-0.05, 0) is 37.5 Å². The zero-order chi connectivity index (χ0) is 14.5. The van der Waals surface area contributed by atoms with Gasteiger partial charge in [-0.15, -0.1) is 0 Å². The first-order chi connectivity index (χ1) is 8.86. The van der Waals surface area contributed by atoms with Crippen molar-refractivity contribution in [3.8, 4) is 0 Å². The minimum Gasteiger partial charge on any atom is -0.398 e. The summed E-state index contributed by atoms with van der Waals surface area (Å²) >= 11 is 0. The lowest BCUT2D eigenvalue weighted by molar-refractivity contribution is 0.283. The molecule has 0 aliphatic rings. The molecule has 0 radical (unpaired) electrons. The minimum atomic E-state index is -3.77. The van der Waals surface area contributed by atoms with E-state index in [4.69, 9.17) is 16.0 Å². The molecule has 1 aromatic rings. The third-order valence-corrected chi connectivity index (χ3v) is 3.88. The molecule has 19 heavy (non-hydrogen) atoms. The Labute approximate surface area is 114 Å². The Bertz CT molecular complexity index is 517. The van der Waals surface area contributed by atoms with Crippen LogP contribution in [0.4, 0.5) is 11.4 Å². The van der Waals surface area contributed by atoms with Crippen LogP contribution in [0.1, 0.15) is 19.3 Å². The highest BCUT2D eigenvalue weighted by Gasteiger charge is 2.13. The summed E-state index contributed by atoms with van der Waals surface area (Å²) in [6.07, 6.45) is 2.69. The Morgan fingerprint density at radius 1 is 1.26 bits per heavy atom. The second-order valence-corrected chi connectivity index (χ2v) is 6.00. The molecular weight excluding hydrogens is 266 g/mol. The zero-order valence-electron chi connectivity index (χ0n) is 11.0. The maximum atomic E-state index is 11.2. The molecule has 0 heterocycles. The fourth-order valence-electron chi connectivity index (χ4n) is 1.80. The predicted molar refractivity (Wildman–Crippen MR) is 76.4 cm³/mol. The molecule has 1 aromatic carbocycles. The van der Waals surface area contributed by atoms with Gasteiger partial charge in [0, 0.05) is 25.9 Å². The number of unbranched alkanes of at least 4 members (excludes halogenated alkanes) is 2. The Morgan fingerprint density at radius 2 is 1.95 bits per heavy atom. The van der Waals surface area contributed by atoms with E-state index in [1.165, 1.54) is 6.07 Å². The number of primary sulfonamides is 1. The topological polar surface area (TPSA) is 110 Å². The first-order valence-electron chi connectivity index (χ1n) is 6.10. The van der Waals surface area contributed by atoms with E-state index in [1.54, 1.807) is 12.1 Å². The van der Waals surface area contributed by atoms with Gasteiger partial charge in [-0.3, -0.25) is 0 Å². The van der Waals surface area contributed by atoms with E-state index in [0.29, 0.717) is 0 Å². The number of sulfonamides is 1. The Kier molecular flexibility index (Phi) is 5.59. The van der Waals surface area contributed by atoms with Gasteiger partial charge < -0.3 is 15.7 Å². The van der Waals surface area contributed by atoms with Crippen molar-refractivity contribution in [3.63, 3.8) is 0 Å². The summed E-state index contributed by atoms with van der Waals surface area (Å²) in [6, 6.07) is 4.71. The Balaban J connectivity index is 2.72. The van der Waals surface area contributed by atoms with Gasteiger partial charge in [0.2, 0.25) is 10.0 Å². The van der Waals surface area contributed by atoms with Crippen molar-refractivity contribution in [1.82, 2.24) is 0 Å². The number of nitrogens with two attached hydrogens (primary N) is 2. The van der Waals surface area contributed by atoms with Crippen LogP contribution in [-0.4, -0.2) is 33.7 Å². The van der Waals surface area contributed by atoms with Crippen LogP contribution in [0.15, 0.2) is 23.1 Å². The summed E-state index contributed by atoms with van der Waals surface area (Å²) in [7, 11) is -1.86. The van der Waals surface area contributed by atoms with E-state index in [2.05, 4.69) is 0 Å². The summed E-state index contributed by atoms with van der Waals surface area (Å²) in [5.41, 5.74) is 6.70. The highest BCUT2D eigenvalue weighted by atomic mass is 32.2. The van der Waals surface area contributed by atoms with Crippen molar-refractivity contribution >= 4 is 21.4 Å². The van der Waals surface area contributed by atoms with Crippen molar-refractivity contribution in [2.24, 2.45) is 5.14 Å². The average Bonchev–Trinajstić information content (AvgIpc) is 2.32. The van der Waals surface area contributed by atoms with Crippen LogP contribution >= 0.6 is 0 Å². The lowest BCUT2D eigenvalue weighted by atomic mass is 10.2. The van der Waals surface area contributed by atoms with Crippen LogP contribution < -0.4 is 15.8 Å². The normalized spacial score (nSPS) is 11.5. The molecule has 0 saturated heterocycles. The van der Waals surface area contributed by atoms with Crippen LogP contribution in [-0.2, 0) is 10.0 Å². The van der Waals surface area contributed by atoms with E-state index < -0.39 is 10.0 Å². The number of nitrogen functional groups attached to an aromatic ring is 1. The van der Waals surface area contributed by atoms with Crippen LogP contribution in [0.2, 0.25) is 0 Å². The van der Waals surface area contributed by atoms with Gasteiger partial charge in [0.15, 0.2) is 0 Å². The summed E-state index contributed by atoms with van der Waals surface area (Å²) < 4.78 is 22.5. The maximum absolute atomic E-state index is 11.2. The molecule has 108 valence electrons. The van der Waals surface area contributed by atoms with Crippen molar-refractivity contribution in [3.05, 3.63) is 18.2 Å². The monoisotopic (exact) mass is 287 g/mol. The molecule has 0 amide bonds.